The Labute approximate surface area is 112 Å². The molecule has 1 fully saturated rings. The van der Waals surface area contributed by atoms with Crippen LogP contribution in [0.15, 0.2) is 0 Å². The zero-order valence-corrected chi connectivity index (χ0v) is 12.2. The van der Waals surface area contributed by atoms with Crippen molar-refractivity contribution < 1.29 is 9.84 Å². The van der Waals surface area contributed by atoms with E-state index in [-0.39, 0.29) is 12.1 Å². The molecule has 1 rings (SSSR count). The second-order valence-electron chi connectivity index (χ2n) is 5.26. The average molecular weight is 258 g/mol. The normalized spacial score (nSPS) is 28.8. The van der Waals surface area contributed by atoms with Crippen molar-refractivity contribution in [3.8, 4) is 0 Å². The van der Waals surface area contributed by atoms with Gasteiger partial charge in [-0.2, -0.15) is 0 Å². The fourth-order valence-electron chi connectivity index (χ4n) is 3.02. The van der Waals surface area contributed by atoms with E-state index in [2.05, 4.69) is 17.1 Å². The van der Waals surface area contributed by atoms with E-state index in [9.17, 15) is 5.11 Å². The van der Waals surface area contributed by atoms with Gasteiger partial charge in [0.2, 0.25) is 0 Å². The quantitative estimate of drug-likeness (QED) is 0.643. The number of ether oxygens (including phenoxy) is 1. The molecule has 0 bridgehead atoms. The topological polar surface area (TPSA) is 44.7 Å². The summed E-state index contributed by atoms with van der Waals surface area (Å²) in [6.07, 6.45) is 4.56. The summed E-state index contributed by atoms with van der Waals surface area (Å²) in [6.45, 7) is 8.15. The Morgan fingerprint density at radius 3 is 2.78 bits per heavy atom. The summed E-state index contributed by atoms with van der Waals surface area (Å²) in [5.41, 5.74) is -0.0675. The zero-order valence-electron chi connectivity index (χ0n) is 12.2. The molecule has 1 aliphatic rings. The number of nitrogens with one attached hydrogen (secondary N) is 1. The number of aliphatic hydroxyl groups is 1. The lowest BCUT2D eigenvalue weighted by molar-refractivity contribution is 0.0455. The van der Waals surface area contributed by atoms with Crippen molar-refractivity contribution >= 4 is 0 Å². The summed E-state index contributed by atoms with van der Waals surface area (Å²) < 4.78 is 5.45. The molecule has 4 heteroatoms. The number of likely N-dealkylation sites (N-methyl/N-ethyl adjacent to an activating group) is 2. The zero-order chi connectivity index (χ0) is 13.4. The third-order valence-electron chi connectivity index (χ3n) is 4.30. The van der Waals surface area contributed by atoms with Gasteiger partial charge in [-0.05, 0) is 46.2 Å². The summed E-state index contributed by atoms with van der Waals surface area (Å²) in [6, 6.07) is 0.573. The van der Waals surface area contributed by atoms with Crippen molar-refractivity contribution in [3.05, 3.63) is 0 Å². The van der Waals surface area contributed by atoms with Crippen molar-refractivity contribution in [2.24, 2.45) is 0 Å². The fraction of sp³-hybridized carbons (Fsp3) is 1.00. The number of hydrogen-bond acceptors (Lipinski definition) is 4. The highest BCUT2D eigenvalue weighted by Crippen LogP contribution is 2.30. The monoisotopic (exact) mass is 258 g/mol. The molecule has 0 amide bonds. The number of aliphatic hydroxyl groups excluding tert-OH is 1. The van der Waals surface area contributed by atoms with Gasteiger partial charge in [-0.3, -0.25) is 4.90 Å². The largest absolute Gasteiger partial charge is 0.394 e. The maximum atomic E-state index is 9.62. The minimum Gasteiger partial charge on any atom is -0.394 e. The van der Waals surface area contributed by atoms with E-state index in [1.807, 2.05) is 14.0 Å². The van der Waals surface area contributed by atoms with E-state index >= 15 is 0 Å². The van der Waals surface area contributed by atoms with Gasteiger partial charge in [0.25, 0.3) is 0 Å². The molecule has 2 N–H and O–H groups in total. The second kappa shape index (κ2) is 8.10. The fourth-order valence-corrected chi connectivity index (χ4v) is 3.02. The molecule has 4 nitrogen and oxygen atoms in total. The molecule has 2 atom stereocenters. The summed E-state index contributed by atoms with van der Waals surface area (Å²) in [7, 11) is 1.97. The van der Waals surface area contributed by atoms with Gasteiger partial charge in [0.15, 0.2) is 0 Å². The molecule has 0 aromatic rings. The minimum atomic E-state index is -0.0675. The first-order valence-corrected chi connectivity index (χ1v) is 7.33. The Kier molecular flexibility index (Phi) is 7.15. The lowest BCUT2D eigenvalue weighted by Gasteiger charge is -2.43. The van der Waals surface area contributed by atoms with Gasteiger partial charge in [-0.15, -0.1) is 0 Å². The Balaban J connectivity index is 2.51. The molecule has 0 aromatic carbocycles. The van der Waals surface area contributed by atoms with Crippen LogP contribution in [0.25, 0.3) is 0 Å². The smallest absolute Gasteiger partial charge is 0.0613 e. The van der Waals surface area contributed by atoms with Gasteiger partial charge in [0.1, 0.15) is 0 Å². The molecule has 0 saturated heterocycles. The van der Waals surface area contributed by atoms with Crippen molar-refractivity contribution in [2.45, 2.75) is 51.1 Å². The number of rotatable bonds is 8. The van der Waals surface area contributed by atoms with Crippen LogP contribution in [0, 0.1) is 0 Å². The SMILES string of the molecule is CCOCCN(CC)C1CCCC(CO)(NC)C1. The summed E-state index contributed by atoms with van der Waals surface area (Å²) in [5.74, 6) is 0. The van der Waals surface area contributed by atoms with Crippen molar-refractivity contribution in [3.63, 3.8) is 0 Å². The van der Waals surface area contributed by atoms with Gasteiger partial charge in [-0.25, -0.2) is 0 Å². The highest BCUT2D eigenvalue weighted by molar-refractivity contribution is 4.95. The van der Waals surface area contributed by atoms with Crippen molar-refractivity contribution in [1.82, 2.24) is 10.2 Å². The maximum Gasteiger partial charge on any atom is 0.0613 e. The van der Waals surface area contributed by atoms with E-state index in [0.717, 1.165) is 39.1 Å². The molecule has 1 aliphatic carbocycles. The molecular formula is C14H30N2O2. The van der Waals surface area contributed by atoms with Crippen LogP contribution in [0.3, 0.4) is 0 Å². The van der Waals surface area contributed by atoms with Crippen LogP contribution in [-0.4, -0.2) is 61.5 Å². The Hall–Kier alpha value is -0.160. The number of nitrogens with zero attached hydrogens (tertiary/aromatic N) is 1. The molecule has 0 aromatic heterocycles. The third-order valence-corrected chi connectivity index (χ3v) is 4.30. The minimum absolute atomic E-state index is 0.0675. The maximum absolute atomic E-state index is 9.62. The molecule has 108 valence electrons. The van der Waals surface area contributed by atoms with E-state index in [1.54, 1.807) is 0 Å². The Morgan fingerprint density at radius 1 is 1.44 bits per heavy atom. The van der Waals surface area contributed by atoms with Crippen LogP contribution in [-0.2, 0) is 4.74 Å². The molecule has 0 heterocycles. The van der Waals surface area contributed by atoms with E-state index in [0.29, 0.717) is 6.04 Å². The first-order valence-electron chi connectivity index (χ1n) is 7.33. The van der Waals surface area contributed by atoms with E-state index in [4.69, 9.17) is 4.74 Å². The van der Waals surface area contributed by atoms with Crippen molar-refractivity contribution in [1.29, 1.82) is 0 Å². The predicted octanol–water partition coefficient (Wildman–Crippen LogP) is 1.24. The highest BCUT2D eigenvalue weighted by atomic mass is 16.5. The molecule has 1 saturated carbocycles. The molecule has 0 radical (unpaired) electrons. The van der Waals surface area contributed by atoms with Gasteiger partial charge in [0, 0.05) is 24.7 Å². The molecular weight excluding hydrogens is 228 g/mol. The summed E-state index contributed by atoms with van der Waals surface area (Å²) in [5, 5.41) is 13.0. The van der Waals surface area contributed by atoms with Gasteiger partial charge >= 0.3 is 0 Å². The van der Waals surface area contributed by atoms with Gasteiger partial charge < -0.3 is 15.2 Å². The van der Waals surface area contributed by atoms with Crippen LogP contribution in [0.5, 0.6) is 0 Å². The second-order valence-corrected chi connectivity index (χ2v) is 5.26. The first kappa shape index (κ1) is 15.9. The van der Waals surface area contributed by atoms with Crippen LogP contribution >= 0.6 is 0 Å². The average Bonchev–Trinajstić information content (AvgIpc) is 2.43. The Morgan fingerprint density at radius 2 is 2.22 bits per heavy atom. The van der Waals surface area contributed by atoms with Crippen molar-refractivity contribution in [2.75, 3.05) is 40.0 Å². The van der Waals surface area contributed by atoms with Crippen LogP contribution in [0.1, 0.15) is 39.5 Å². The van der Waals surface area contributed by atoms with Crippen LogP contribution in [0.4, 0.5) is 0 Å². The molecule has 0 aliphatic heterocycles. The number of hydrogen-bond donors (Lipinski definition) is 2. The highest BCUT2D eigenvalue weighted by Gasteiger charge is 2.36. The third kappa shape index (κ3) is 4.19. The van der Waals surface area contributed by atoms with Gasteiger partial charge in [0.05, 0.1) is 13.2 Å². The predicted molar refractivity (Wildman–Crippen MR) is 74.9 cm³/mol. The molecule has 0 spiro atoms. The van der Waals surface area contributed by atoms with Gasteiger partial charge in [-0.1, -0.05) is 6.92 Å². The Bertz CT molecular complexity index is 220. The lowest BCUT2D eigenvalue weighted by atomic mass is 9.79. The standard InChI is InChI=1S/C14H30N2O2/c1-4-16(9-10-18-5-2)13-7-6-8-14(11-13,12-17)15-3/h13,15,17H,4-12H2,1-3H3. The van der Waals surface area contributed by atoms with E-state index in [1.165, 1.54) is 12.8 Å². The van der Waals surface area contributed by atoms with E-state index < -0.39 is 0 Å². The lowest BCUT2D eigenvalue weighted by Crippen LogP contribution is -2.55. The van der Waals surface area contributed by atoms with Crippen LogP contribution < -0.4 is 5.32 Å². The molecule has 18 heavy (non-hydrogen) atoms. The van der Waals surface area contributed by atoms with Crippen LogP contribution in [0.2, 0.25) is 0 Å². The summed E-state index contributed by atoms with van der Waals surface area (Å²) in [4.78, 5) is 2.50. The summed E-state index contributed by atoms with van der Waals surface area (Å²) >= 11 is 0. The molecule has 2 unspecified atom stereocenters. The first-order chi connectivity index (χ1) is 8.71.